The molecule has 1 rings (SSSR count). The molecule has 1 aromatic rings. The zero-order valence-corrected chi connectivity index (χ0v) is 9.11. The van der Waals surface area contributed by atoms with Crippen molar-refractivity contribution in [3.63, 3.8) is 0 Å². The number of carbonyl (C=O) groups is 2. The number of rotatable bonds is 4. The second-order valence-corrected chi connectivity index (χ2v) is 3.27. The topological polar surface area (TPSA) is 94.3 Å². The van der Waals surface area contributed by atoms with Crippen LogP contribution in [0.1, 0.15) is 21.7 Å². The van der Waals surface area contributed by atoms with Crippen LogP contribution in [0, 0.1) is 13.8 Å². The summed E-state index contributed by atoms with van der Waals surface area (Å²) in [6, 6.07) is 3.36. The number of amides is 2. The standard InChI is InChI=1S/C10H13N3O3/c1-6-3-4-8(7(2)12-6)10(15)13-16-5-9(11)14/h3-4H,5H2,1-2H3,(H2,11,14)(H,13,15). The highest BCUT2D eigenvalue weighted by Gasteiger charge is 2.10. The van der Waals surface area contributed by atoms with Crippen molar-refractivity contribution in [1.82, 2.24) is 10.5 Å². The molecule has 0 saturated heterocycles. The molecule has 0 unspecified atom stereocenters. The van der Waals surface area contributed by atoms with Crippen molar-refractivity contribution in [2.75, 3.05) is 6.61 Å². The maximum Gasteiger partial charge on any atom is 0.276 e. The predicted octanol–water partition coefficient (Wildman–Crippen LogP) is -0.155. The van der Waals surface area contributed by atoms with Gasteiger partial charge in [0.05, 0.1) is 11.3 Å². The first kappa shape index (κ1) is 12.1. The monoisotopic (exact) mass is 223 g/mol. The molecule has 86 valence electrons. The summed E-state index contributed by atoms with van der Waals surface area (Å²) in [6.07, 6.45) is 0. The zero-order chi connectivity index (χ0) is 12.1. The Morgan fingerprint density at radius 2 is 2.12 bits per heavy atom. The second-order valence-electron chi connectivity index (χ2n) is 3.27. The molecule has 0 atom stereocenters. The molecule has 6 heteroatoms. The molecule has 6 nitrogen and oxygen atoms in total. The van der Waals surface area contributed by atoms with E-state index in [1.54, 1.807) is 19.1 Å². The van der Waals surface area contributed by atoms with Gasteiger partial charge in [0.25, 0.3) is 5.91 Å². The van der Waals surface area contributed by atoms with E-state index in [0.29, 0.717) is 11.3 Å². The number of carbonyl (C=O) groups excluding carboxylic acids is 2. The molecule has 3 N–H and O–H groups in total. The van der Waals surface area contributed by atoms with Gasteiger partial charge in [-0.2, -0.15) is 0 Å². The van der Waals surface area contributed by atoms with Crippen LogP contribution in [0.25, 0.3) is 0 Å². The van der Waals surface area contributed by atoms with E-state index in [2.05, 4.69) is 15.3 Å². The Kier molecular flexibility index (Phi) is 3.96. The third kappa shape index (κ3) is 3.32. The van der Waals surface area contributed by atoms with E-state index < -0.39 is 11.8 Å². The Morgan fingerprint density at radius 1 is 1.44 bits per heavy atom. The molecule has 16 heavy (non-hydrogen) atoms. The van der Waals surface area contributed by atoms with Crippen LogP contribution in [0.2, 0.25) is 0 Å². The number of hydrogen-bond donors (Lipinski definition) is 2. The summed E-state index contributed by atoms with van der Waals surface area (Å²) in [5, 5.41) is 0. The van der Waals surface area contributed by atoms with Crippen LogP contribution in [-0.4, -0.2) is 23.4 Å². The number of hydroxylamine groups is 1. The minimum atomic E-state index is -0.654. The summed E-state index contributed by atoms with van der Waals surface area (Å²) in [5.41, 5.74) is 8.77. The Morgan fingerprint density at radius 3 is 2.69 bits per heavy atom. The average Bonchev–Trinajstić information content (AvgIpc) is 2.16. The number of hydrogen-bond acceptors (Lipinski definition) is 4. The first-order chi connectivity index (χ1) is 7.50. The van der Waals surface area contributed by atoms with E-state index in [4.69, 9.17) is 5.73 Å². The molecule has 0 saturated carbocycles. The number of pyridine rings is 1. The van der Waals surface area contributed by atoms with Crippen molar-refractivity contribution in [3.05, 3.63) is 29.1 Å². The van der Waals surface area contributed by atoms with Crippen LogP contribution < -0.4 is 11.2 Å². The summed E-state index contributed by atoms with van der Waals surface area (Å²) in [7, 11) is 0. The van der Waals surface area contributed by atoms with Crippen LogP contribution in [0.4, 0.5) is 0 Å². The Labute approximate surface area is 92.8 Å². The lowest BCUT2D eigenvalue weighted by atomic mass is 10.2. The van der Waals surface area contributed by atoms with Crippen LogP contribution in [-0.2, 0) is 9.63 Å². The van der Waals surface area contributed by atoms with Gasteiger partial charge in [0.1, 0.15) is 0 Å². The molecule has 0 radical (unpaired) electrons. The molecule has 0 aliphatic carbocycles. The summed E-state index contributed by atoms with van der Waals surface area (Å²) in [5.74, 6) is -1.11. The van der Waals surface area contributed by atoms with E-state index >= 15 is 0 Å². The molecule has 2 amide bonds. The highest BCUT2D eigenvalue weighted by Crippen LogP contribution is 2.05. The fraction of sp³-hybridized carbons (Fsp3) is 0.300. The third-order valence-corrected chi connectivity index (χ3v) is 1.85. The first-order valence-electron chi connectivity index (χ1n) is 4.65. The number of aryl methyl sites for hydroxylation is 2. The van der Waals surface area contributed by atoms with Gasteiger partial charge >= 0.3 is 0 Å². The van der Waals surface area contributed by atoms with Gasteiger partial charge in [0.15, 0.2) is 6.61 Å². The SMILES string of the molecule is Cc1ccc(C(=O)NOCC(N)=O)c(C)n1. The smallest absolute Gasteiger partial charge is 0.276 e. The van der Waals surface area contributed by atoms with Crippen LogP contribution >= 0.6 is 0 Å². The molecule has 0 fully saturated rings. The number of primary amides is 1. The molecule has 0 spiro atoms. The van der Waals surface area contributed by atoms with Gasteiger partial charge in [-0.15, -0.1) is 0 Å². The summed E-state index contributed by atoms with van der Waals surface area (Å²) < 4.78 is 0. The summed E-state index contributed by atoms with van der Waals surface area (Å²) >= 11 is 0. The Bertz CT molecular complexity index is 418. The van der Waals surface area contributed by atoms with Gasteiger partial charge in [-0.3, -0.25) is 19.4 Å². The van der Waals surface area contributed by atoms with Crippen molar-refractivity contribution in [1.29, 1.82) is 0 Å². The minimum absolute atomic E-state index is 0.357. The van der Waals surface area contributed by atoms with Crippen LogP contribution in [0.3, 0.4) is 0 Å². The lowest BCUT2D eigenvalue weighted by Crippen LogP contribution is -2.29. The molecule has 0 bridgehead atoms. The third-order valence-electron chi connectivity index (χ3n) is 1.85. The summed E-state index contributed by atoms with van der Waals surface area (Å²) in [6.45, 7) is 3.19. The number of aromatic nitrogens is 1. The Balaban J connectivity index is 2.63. The van der Waals surface area contributed by atoms with Crippen LogP contribution in [0.5, 0.6) is 0 Å². The fourth-order valence-corrected chi connectivity index (χ4v) is 1.15. The molecule has 1 aromatic heterocycles. The van der Waals surface area contributed by atoms with Crippen LogP contribution in [0.15, 0.2) is 12.1 Å². The summed E-state index contributed by atoms with van der Waals surface area (Å²) in [4.78, 5) is 30.6. The van der Waals surface area contributed by atoms with Crippen molar-refractivity contribution < 1.29 is 14.4 Å². The quantitative estimate of drug-likeness (QED) is 0.694. The van der Waals surface area contributed by atoms with E-state index in [0.717, 1.165) is 5.69 Å². The molecular weight excluding hydrogens is 210 g/mol. The lowest BCUT2D eigenvalue weighted by molar-refractivity contribution is -0.124. The number of nitrogens with two attached hydrogens (primary N) is 1. The van der Waals surface area contributed by atoms with Crippen molar-refractivity contribution in [2.45, 2.75) is 13.8 Å². The largest absolute Gasteiger partial charge is 0.368 e. The normalized spacial score (nSPS) is 9.88. The van der Waals surface area contributed by atoms with Gasteiger partial charge in [0.2, 0.25) is 5.91 Å². The molecule has 0 aromatic carbocycles. The van der Waals surface area contributed by atoms with Gasteiger partial charge in [-0.1, -0.05) is 0 Å². The average molecular weight is 223 g/mol. The second kappa shape index (κ2) is 5.22. The first-order valence-corrected chi connectivity index (χ1v) is 4.65. The highest BCUT2D eigenvalue weighted by molar-refractivity contribution is 5.94. The van der Waals surface area contributed by atoms with Crippen molar-refractivity contribution in [2.24, 2.45) is 5.73 Å². The predicted molar refractivity (Wildman–Crippen MR) is 56.3 cm³/mol. The van der Waals surface area contributed by atoms with Gasteiger partial charge in [-0.25, -0.2) is 5.48 Å². The maximum atomic E-state index is 11.5. The zero-order valence-electron chi connectivity index (χ0n) is 9.11. The fourth-order valence-electron chi connectivity index (χ4n) is 1.15. The van der Waals surface area contributed by atoms with Gasteiger partial charge in [0, 0.05) is 5.69 Å². The number of nitrogens with zero attached hydrogens (tertiary/aromatic N) is 1. The van der Waals surface area contributed by atoms with Crippen molar-refractivity contribution >= 4 is 11.8 Å². The maximum absolute atomic E-state index is 11.5. The number of nitrogens with one attached hydrogen (secondary N) is 1. The molecular formula is C10H13N3O3. The van der Waals surface area contributed by atoms with E-state index in [1.807, 2.05) is 6.92 Å². The lowest BCUT2D eigenvalue weighted by Gasteiger charge is -2.06. The molecule has 0 aliphatic rings. The minimum Gasteiger partial charge on any atom is -0.368 e. The molecule has 1 heterocycles. The highest BCUT2D eigenvalue weighted by atomic mass is 16.7. The van der Waals surface area contributed by atoms with Gasteiger partial charge in [-0.05, 0) is 26.0 Å². The van der Waals surface area contributed by atoms with E-state index in [1.165, 1.54) is 0 Å². The van der Waals surface area contributed by atoms with E-state index in [9.17, 15) is 9.59 Å². The van der Waals surface area contributed by atoms with Crippen molar-refractivity contribution in [3.8, 4) is 0 Å². The molecule has 0 aliphatic heterocycles. The van der Waals surface area contributed by atoms with Gasteiger partial charge < -0.3 is 5.73 Å². The van der Waals surface area contributed by atoms with E-state index in [-0.39, 0.29) is 6.61 Å². The Hall–Kier alpha value is -1.95.